The highest BCUT2D eigenvalue weighted by molar-refractivity contribution is 5.51. The Bertz CT molecular complexity index is 499. The summed E-state index contributed by atoms with van der Waals surface area (Å²) in [5, 5.41) is 0. The Morgan fingerprint density at radius 3 is 2.28 bits per heavy atom. The fourth-order valence-electron chi connectivity index (χ4n) is 1.45. The number of hydrogen-bond acceptors (Lipinski definition) is 3. The highest BCUT2D eigenvalue weighted by Crippen LogP contribution is 2.19. The number of nitrogens with two attached hydrogens (primary N) is 1. The van der Waals surface area contributed by atoms with E-state index in [0.717, 1.165) is 0 Å². The first-order valence-corrected chi connectivity index (χ1v) is 5.61. The molecule has 2 rings (SSSR count). The third-order valence-electron chi connectivity index (χ3n) is 2.34. The Balaban J connectivity index is 1.76. The molecule has 0 saturated heterocycles. The lowest BCUT2D eigenvalue weighted by molar-refractivity contribution is 0.218. The van der Waals surface area contributed by atoms with E-state index in [1.807, 2.05) is 12.1 Å². The van der Waals surface area contributed by atoms with Crippen molar-refractivity contribution >= 4 is 5.69 Å². The average Bonchev–Trinajstić information content (AvgIpc) is 2.39. The first kappa shape index (κ1) is 12.2. The molecule has 0 aliphatic carbocycles. The zero-order valence-corrected chi connectivity index (χ0v) is 9.80. The van der Waals surface area contributed by atoms with E-state index in [9.17, 15) is 4.39 Å². The second-order valence-corrected chi connectivity index (χ2v) is 3.69. The zero-order valence-electron chi connectivity index (χ0n) is 9.80. The van der Waals surface area contributed by atoms with Crippen LogP contribution in [0.5, 0.6) is 11.5 Å². The number of anilines is 1. The van der Waals surface area contributed by atoms with Gasteiger partial charge in [-0.2, -0.15) is 0 Å². The van der Waals surface area contributed by atoms with E-state index < -0.39 is 0 Å². The maximum absolute atomic E-state index is 12.6. The molecule has 0 spiro atoms. The maximum atomic E-state index is 12.6. The molecule has 0 unspecified atom stereocenters. The largest absolute Gasteiger partial charge is 0.490 e. The summed E-state index contributed by atoms with van der Waals surface area (Å²) in [4.78, 5) is 0. The smallest absolute Gasteiger partial charge is 0.142 e. The van der Waals surface area contributed by atoms with E-state index in [-0.39, 0.29) is 5.82 Å². The summed E-state index contributed by atoms with van der Waals surface area (Å²) < 4.78 is 23.5. The molecule has 4 heteroatoms. The van der Waals surface area contributed by atoms with Gasteiger partial charge in [0.2, 0.25) is 0 Å². The molecule has 0 amide bonds. The molecular formula is C14H14FNO2. The summed E-state index contributed by atoms with van der Waals surface area (Å²) >= 11 is 0. The molecule has 94 valence electrons. The van der Waals surface area contributed by atoms with Gasteiger partial charge >= 0.3 is 0 Å². The molecule has 0 heterocycles. The van der Waals surface area contributed by atoms with Gasteiger partial charge in [0.25, 0.3) is 0 Å². The summed E-state index contributed by atoms with van der Waals surface area (Å²) in [6.45, 7) is 0.756. The van der Waals surface area contributed by atoms with Crippen LogP contribution in [0.1, 0.15) is 0 Å². The van der Waals surface area contributed by atoms with Crippen LogP contribution in [-0.2, 0) is 0 Å². The Labute approximate surface area is 105 Å². The second kappa shape index (κ2) is 5.91. The van der Waals surface area contributed by atoms with Gasteiger partial charge in [0, 0.05) is 0 Å². The van der Waals surface area contributed by atoms with Gasteiger partial charge in [-0.15, -0.1) is 0 Å². The van der Waals surface area contributed by atoms with Gasteiger partial charge in [0.15, 0.2) is 0 Å². The first-order chi connectivity index (χ1) is 8.75. The van der Waals surface area contributed by atoms with Gasteiger partial charge in [0.1, 0.15) is 30.5 Å². The van der Waals surface area contributed by atoms with Crippen LogP contribution in [0, 0.1) is 5.82 Å². The fraction of sp³-hybridized carbons (Fsp3) is 0.143. The number of halogens is 1. The van der Waals surface area contributed by atoms with Gasteiger partial charge in [0.05, 0.1) is 5.69 Å². The minimum Gasteiger partial charge on any atom is -0.490 e. The third-order valence-corrected chi connectivity index (χ3v) is 2.34. The third kappa shape index (κ3) is 3.38. The molecule has 0 fully saturated rings. The average molecular weight is 247 g/mol. The van der Waals surface area contributed by atoms with Crippen LogP contribution in [0.3, 0.4) is 0 Å². The SMILES string of the molecule is Nc1ccccc1OCCOc1ccc(F)cc1. The number of hydrogen-bond donors (Lipinski definition) is 1. The van der Waals surface area contributed by atoms with Crippen molar-refractivity contribution in [2.45, 2.75) is 0 Å². The lowest BCUT2D eigenvalue weighted by atomic mass is 10.3. The van der Waals surface area contributed by atoms with E-state index in [1.165, 1.54) is 12.1 Å². The minimum absolute atomic E-state index is 0.282. The molecule has 0 atom stereocenters. The molecule has 2 aromatic rings. The summed E-state index contributed by atoms with van der Waals surface area (Å²) in [5.41, 5.74) is 6.32. The number of para-hydroxylation sites is 2. The molecular weight excluding hydrogens is 233 g/mol. The van der Waals surface area contributed by atoms with Gasteiger partial charge in [-0.05, 0) is 36.4 Å². The van der Waals surface area contributed by atoms with Crippen LogP contribution in [0.2, 0.25) is 0 Å². The van der Waals surface area contributed by atoms with E-state index >= 15 is 0 Å². The summed E-state index contributed by atoms with van der Waals surface area (Å²) in [7, 11) is 0. The van der Waals surface area contributed by atoms with Crippen molar-refractivity contribution in [1.82, 2.24) is 0 Å². The quantitative estimate of drug-likeness (QED) is 0.652. The fourth-order valence-corrected chi connectivity index (χ4v) is 1.45. The minimum atomic E-state index is -0.282. The van der Waals surface area contributed by atoms with Gasteiger partial charge < -0.3 is 15.2 Å². The van der Waals surface area contributed by atoms with E-state index in [2.05, 4.69) is 0 Å². The van der Waals surface area contributed by atoms with Crippen LogP contribution in [-0.4, -0.2) is 13.2 Å². The molecule has 18 heavy (non-hydrogen) atoms. The number of nitrogen functional groups attached to an aromatic ring is 1. The molecule has 2 N–H and O–H groups in total. The second-order valence-electron chi connectivity index (χ2n) is 3.69. The van der Waals surface area contributed by atoms with E-state index in [1.54, 1.807) is 24.3 Å². The van der Waals surface area contributed by atoms with Crippen molar-refractivity contribution in [3.8, 4) is 11.5 Å². The van der Waals surface area contributed by atoms with Crippen LogP contribution >= 0.6 is 0 Å². The molecule has 0 aliphatic rings. The van der Waals surface area contributed by atoms with Gasteiger partial charge in [-0.3, -0.25) is 0 Å². The van der Waals surface area contributed by atoms with Crippen LogP contribution in [0.15, 0.2) is 48.5 Å². The van der Waals surface area contributed by atoms with Crippen molar-refractivity contribution in [1.29, 1.82) is 0 Å². The van der Waals surface area contributed by atoms with Crippen molar-refractivity contribution in [2.75, 3.05) is 18.9 Å². The first-order valence-electron chi connectivity index (χ1n) is 5.61. The van der Waals surface area contributed by atoms with Crippen molar-refractivity contribution in [3.63, 3.8) is 0 Å². The molecule has 2 aromatic carbocycles. The topological polar surface area (TPSA) is 44.5 Å². The zero-order chi connectivity index (χ0) is 12.8. The lowest BCUT2D eigenvalue weighted by Crippen LogP contribution is -2.09. The van der Waals surface area contributed by atoms with Crippen LogP contribution in [0.4, 0.5) is 10.1 Å². The van der Waals surface area contributed by atoms with Crippen molar-refractivity contribution < 1.29 is 13.9 Å². The molecule has 0 saturated carbocycles. The highest BCUT2D eigenvalue weighted by atomic mass is 19.1. The number of benzene rings is 2. The summed E-state index contributed by atoms with van der Waals surface area (Å²) in [6, 6.07) is 13.1. The Morgan fingerprint density at radius 1 is 0.889 bits per heavy atom. The predicted octanol–water partition coefficient (Wildman–Crippen LogP) is 2.87. The molecule has 0 radical (unpaired) electrons. The Hall–Kier alpha value is -2.23. The summed E-state index contributed by atoms with van der Waals surface area (Å²) in [6.07, 6.45) is 0. The molecule has 3 nitrogen and oxygen atoms in total. The standard InChI is InChI=1S/C14H14FNO2/c15-11-5-7-12(8-6-11)17-9-10-18-14-4-2-1-3-13(14)16/h1-8H,9-10,16H2. The summed E-state index contributed by atoms with van der Waals surface area (Å²) in [5.74, 6) is 0.969. The van der Waals surface area contributed by atoms with Crippen LogP contribution < -0.4 is 15.2 Å². The Kier molecular flexibility index (Phi) is 4.02. The maximum Gasteiger partial charge on any atom is 0.142 e. The van der Waals surface area contributed by atoms with Crippen molar-refractivity contribution in [2.24, 2.45) is 0 Å². The number of ether oxygens (including phenoxy) is 2. The van der Waals surface area contributed by atoms with Gasteiger partial charge in [-0.25, -0.2) is 4.39 Å². The van der Waals surface area contributed by atoms with Crippen molar-refractivity contribution in [3.05, 3.63) is 54.3 Å². The monoisotopic (exact) mass is 247 g/mol. The molecule has 0 aliphatic heterocycles. The van der Waals surface area contributed by atoms with E-state index in [0.29, 0.717) is 30.4 Å². The highest BCUT2D eigenvalue weighted by Gasteiger charge is 1.99. The Morgan fingerprint density at radius 2 is 1.56 bits per heavy atom. The van der Waals surface area contributed by atoms with Gasteiger partial charge in [-0.1, -0.05) is 12.1 Å². The normalized spacial score (nSPS) is 10.1. The van der Waals surface area contributed by atoms with E-state index in [4.69, 9.17) is 15.2 Å². The molecule has 0 bridgehead atoms. The lowest BCUT2D eigenvalue weighted by Gasteiger charge is -2.09. The van der Waals surface area contributed by atoms with Crippen LogP contribution in [0.25, 0.3) is 0 Å². The predicted molar refractivity (Wildman–Crippen MR) is 68.2 cm³/mol. The number of rotatable bonds is 5. The molecule has 0 aromatic heterocycles.